The predicted octanol–water partition coefficient (Wildman–Crippen LogP) is 5.26. The molecule has 0 saturated heterocycles. The Morgan fingerprint density at radius 3 is 2.33 bits per heavy atom. The SMILES string of the molecule is COC(=O)c1ccc(-c2c(-c3ccccc3C(C)=O)nnc3cc(C)ccc23)cc1. The minimum Gasteiger partial charge on any atom is -0.465 e. The first kappa shape index (κ1) is 19.5. The molecule has 0 unspecified atom stereocenters. The van der Waals surface area contributed by atoms with Gasteiger partial charge in [-0.05, 0) is 43.2 Å². The number of ether oxygens (including phenoxy) is 1. The van der Waals surface area contributed by atoms with Crippen LogP contribution in [0.4, 0.5) is 0 Å². The van der Waals surface area contributed by atoms with E-state index in [-0.39, 0.29) is 5.78 Å². The number of esters is 1. The van der Waals surface area contributed by atoms with Gasteiger partial charge in [0, 0.05) is 22.1 Å². The van der Waals surface area contributed by atoms with Crippen molar-refractivity contribution in [2.75, 3.05) is 7.11 Å². The largest absolute Gasteiger partial charge is 0.465 e. The van der Waals surface area contributed by atoms with E-state index in [0.717, 1.165) is 33.2 Å². The molecule has 0 saturated carbocycles. The van der Waals surface area contributed by atoms with Crippen LogP contribution in [-0.4, -0.2) is 29.1 Å². The van der Waals surface area contributed by atoms with E-state index in [1.54, 1.807) is 25.1 Å². The van der Waals surface area contributed by atoms with Gasteiger partial charge in [0.2, 0.25) is 0 Å². The fourth-order valence-corrected chi connectivity index (χ4v) is 3.59. The van der Waals surface area contributed by atoms with Crippen LogP contribution in [0, 0.1) is 6.92 Å². The van der Waals surface area contributed by atoms with Gasteiger partial charge in [-0.15, -0.1) is 10.2 Å². The van der Waals surface area contributed by atoms with Crippen molar-refractivity contribution in [2.24, 2.45) is 0 Å². The number of hydrogen-bond donors (Lipinski definition) is 0. The first-order valence-electron chi connectivity index (χ1n) is 9.55. The molecule has 4 aromatic rings. The molecule has 1 aromatic heterocycles. The van der Waals surface area contributed by atoms with E-state index in [9.17, 15) is 9.59 Å². The zero-order valence-corrected chi connectivity index (χ0v) is 17.0. The van der Waals surface area contributed by atoms with Crippen molar-refractivity contribution in [1.29, 1.82) is 0 Å². The lowest BCUT2D eigenvalue weighted by Crippen LogP contribution is -2.02. The molecule has 0 spiro atoms. The third-order valence-electron chi connectivity index (χ3n) is 5.07. The maximum absolute atomic E-state index is 12.2. The summed E-state index contributed by atoms with van der Waals surface area (Å²) in [6.45, 7) is 3.55. The average Bonchev–Trinajstić information content (AvgIpc) is 2.77. The van der Waals surface area contributed by atoms with Crippen LogP contribution in [0.2, 0.25) is 0 Å². The molecule has 0 bridgehead atoms. The lowest BCUT2D eigenvalue weighted by Gasteiger charge is -2.14. The van der Waals surface area contributed by atoms with Gasteiger partial charge < -0.3 is 4.74 Å². The summed E-state index contributed by atoms with van der Waals surface area (Å²) in [5.74, 6) is -0.430. The molecular formula is C25H20N2O3. The molecule has 0 N–H and O–H groups in total. The Morgan fingerprint density at radius 1 is 0.900 bits per heavy atom. The van der Waals surface area contributed by atoms with Crippen molar-refractivity contribution < 1.29 is 14.3 Å². The van der Waals surface area contributed by atoms with Crippen molar-refractivity contribution >= 4 is 22.7 Å². The van der Waals surface area contributed by atoms with Crippen LogP contribution in [0.3, 0.4) is 0 Å². The minimum atomic E-state index is -0.392. The smallest absolute Gasteiger partial charge is 0.337 e. The molecule has 0 aliphatic carbocycles. The summed E-state index contributed by atoms with van der Waals surface area (Å²) in [6.07, 6.45) is 0. The Balaban J connectivity index is 2.02. The van der Waals surface area contributed by atoms with Gasteiger partial charge >= 0.3 is 5.97 Å². The van der Waals surface area contributed by atoms with Crippen molar-refractivity contribution in [2.45, 2.75) is 13.8 Å². The van der Waals surface area contributed by atoms with Gasteiger partial charge in [-0.25, -0.2) is 4.79 Å². The molecule has 1 heterocycles. The van der Waals surface area contributed by atoms with Gasteiger partial charge in [0.15, 0.2) is 5.78 Å². The van der Waals surface area contributed by atoms with Crippen LogP contribution < -0.4 is 0 Å². The number of carbonyl (C=O) groups excluding carboxylic acids is 2. The fourth-order valence-electron chi connectivity index (χ4n) is 3.59. The van der Waals surface area contributed by atoms with Gasteiger partial charge in [0.1, 0.15) is 5.69 Å². The van der Waals surface area contributed by atoms with Crippen LogP contribution in [0.1, 0.15) is 33.2 Å². The Kier molecular flexibility index (Phi) is 5.11. The van der Waals surface area contributed by atoms with E-state index in [2.05, 4.69) is 10.2 Å². The van der Waals surface area contributed by atoms with E-state index in [0.29, 0.717) is 16.8 Å². The van der Waals surface area contributed by atoms with Crippen LogP contribution in [0.15, 0.2) is 66.7 Å². The fraction of sp³-hybridized carbons (Fsp3) is 0.120. The Hall–Kier alpha value is -3.86. The molecule has 0 amide bonds. The third kappa shape index (κ3) is 3.46. The number of fused-ring (bicyclic) bond motifs is 1. The van der Waals surface area contributed by atoms with Crippen LogP contribution in [0.5, 0.6) is 0 Å². The number of ketones is 1. The zero-order valence-electron chi connectivity index (χ0n) is 17.0. The second-order valence-corrected chi connectivity index (χ2v) is 7.11. The van der Waals surface area contributed by atoms with E-state index < -0.39 is 5.97 Å². The highest BCUT2D eigenvalue weighted by Crippen LogP contribution is 2.37. The summed E-state index contributed by atoms with van der Waals surface area (Å²) >= 11 is 0. The van der Waals surface area contributed by atoms with Crippen molar-refractivity contribution in [1.82, 2.24) is 10.2 Å². The van der Waals surface area contributed by atoms with Crippen LogP contribution in [-0.2, 0) is 4.74 Å². The monoisotopic (exact) mass is 396 g/mol. The summed E-state index contributed by atoms with van der Waals surface area (Å²) in [6, 6.07) is 20.6. The topological polar surface area (TPSA) is 69.2 Å². The van der Waals surface area contributed by atoms with E-state index in [1.807, 2.05) is 55.5 Å². The van der Waals surface area contributed by atoms with Crippen LogP contribution in [0.25, 0.3) is 33.3 Å². The van der Waals surface area contributed by atoms with Gasteiger partial charge in [0.25, 0.3) is 0 Å². The number of hydrogen-bond acceptors (Lipinski definition) is 5. The molecule has 3 aromatic carbocycles. The highest BCUT2D eigenvalue weighted by atomic mass is 16.5. The quantitative estimate of drug-likeness (QED) is 0.348. The molecule has 5 nitrogen and oxygen atoms in total. The highest BCUT2D eigenvalue weighted by Gasteiger charge is 2.19. The number of carbonyl (C=O) groups is 2. The maximum Gasteiger partial charge on any atom is 0.337 e. The number of Topliss-reactive ketones (excluding diaryl/α,β-unsaturated/α-hetero) is 1. The first-order valence-corrected chi connectivity index (χ1v) is 9.55. The van der Waals surface area contributed by atoms with Gasteiger partial charge in [0.05, 0.1) is 18.2 Å². The molecule has 4 rings (SSSR count). The second-order valence-electron chi connectivity index (χ2n) is 7.11. The molecule has 0 atom stereocenters. The summed E-state index contributed by atoms with van der Waals surface area (Å²) < 4.78 is 4.80. The van der Waals surface area contributed by atoms with Gasteiger partial charge in [-0.1, -0.05) is 48.5 Å². The summed E-state index contributed by atoms with van der Waals surface area (Å²) in [4.78, 5) is 24.1. The average molecular weight is 396 g/mol. The number of benzene rings is 3. The summed E-state index contributed by atoms with van der Waals surface area (Å²) in [5.41, 5.74) is 6.01. The number of nitrogens with zero attached hydrogens (tertiary/aromatic N) is 2. The van der Waals surface area contributed by atoms with E-state index >= 15 is 0 Å². The molecule has 0 fully saturated rings. The lowest BCUT2D eigenvalue weighted by molar-refractivity contribution is 0.0600. The van der Waals surface area contributed by atoms with Crippen LogP contribution >= 0.6 is 0 Å². The Bertz CT molecular complexity index is 1280. The standard InChI is InChI=1S/C25H20N2O3/c1-15-8-13-21-22(14-15)26-27-24(20-7-5-4-6-19(20)16(2)28)23(21)17-9-11-18(12-10-17)25(29)30-3/h4-14H,1-3H3. The molecule has 30 heavy (non-hydrogen) atoms. The lowest BCUT2D eigenvalue weighted by atomic mass is 9.92. The second kappa shape index (κ2) is 7.87. The predicted molar refractivity (Wildman–Crippen MR) is 116 cm³/mol. The summed E-state index contributed by atoms with van der Waals surface area (Å²) in [5, 5.41) is 9.87. The van der Waals surface area contributed by atoms with E-state index in [1.165, 1.54) is 7.11 Å². The highest BCUT2D eigenvalue weighted by molar-refractivity contribution is 6.06. The molecule has 0 aliphatic heterocycles. The van der Waals surface area contributed by atoms with Crippen molar-refractivity contribution in [3.63, 3.8) is 0 Å². The number of aryl methyl sites for hydroxylation is 1. The van der Waals surface area contributed by atoms with Crippen molar-refractivity contribution in [3.8, 4) is 22.4 Å². The number of aromatic nitrogens is 2. The molecule has 0 radical (unpaired) electrons. The zero-order chi connectivity index (χ0) is 21.3. The minimum absolute atomic E-state index is 0.0385. The number of rotatable bonds is 4. The summed E-state index contributed by atoms with van der Waals surface area (Å²) in [7, 11) is 1.36. The maximum atomic E-state index is 12.2. The first-order chi connectivity index (χ1) is 14.5. The van der Waals surface area contributed by atoms with Crippen molar-refractivity contribution in [3.05, 3.63) is 83.4 Å². The Morgan fingerprint density at radius 2 is 1.63 bits per heavy atom. The molecular weight excluding hydrogens is 376 g/mol. The molecule has 0 aliphatic rings. The third-order valence-corrected chi connectivity index (χ3v) is 5.07. The molecule has 148 valence electrons. The van der Waals surface area contributed by atoms with Gasteiger partial charge in [-0.2, -0.15) is 0 Å². The van der Waals surface area contributed by atoms with E-state index in [4.69, 9.17) is 4.74 Å². The number of methoxy groups -OCH3 is 1. The molecule has 5 heteroatoms. The Labute approximate surface area is 174 Å². The normalized spacial score (nSPS) is 10.8. The van der Waals surface area contributed by atoms with Gasteiger partial charge in [-0.3, -0.25) is 4.79 Å².